The highest BCUT2D eigenvalue weighted by molar-refractivity contribution is 5.36. The Morgan fingerprint density at radius 2 is 1.95 bits per heavy atom. The molecule has 1 fully saturated rings. The van der Waals surface area contributed by atoms with Crippen LogP contribution in [-0.2, 0) is 0 Å². The number of benzene rings is 1. The fourth-order valence-electron chi connectivity index (χ4n) is 2.71. The molecule has 1 aliphatic rings. The lowest BCUT2D eigenvalue weighted by Gasteiger charge is -2.38. The molecule has 0 saturated heterocycles. The number of hydrogen-bond donors (Lipinski definition) is 2. The summed E-state index contributed by atoms with van der Waals surface area (Å²) in [5.74, 6) is 6.29. The minimum absolute atomic E-state index is 0.0710. The largest absolute Gasteiger partial charge is 0.376 e. The van der Waals surface area contributed by atoms with Crippen molar-refractivity contribution in [3.05, 3.63) is 35.9 Å². The molecule has 2 heteroatoms. The Labute approximate surface area is 129 Å². The molecule has 2 nitrogen and oxygen atoms in total. The van der Waals surface area contributed by atoms with Crippen LogP contribution in [0.25, 0.3) is 0 Å². The molecule has 0 bridgehead atoms. The molecule has 0 radical (unpaired) electrons. The number of nitrogens with one attached hydrogen (secondary N) is 1. The van der Waals surface area contributed by atoms with E-state index in [1.54, 1.807) is 0 Å². The van der Waals surface area contributed by atoms with E-state index in [0.29, 0.717) is 0 Å². The lowest BCUT2D eigenvalue weighted by molar-refractivity contribution is 0.0230. The third kappa shape index (κ3) is 4.88. The van der Waals surface area contributed by atoms with Gasteiger partial charge in [0.15, 0.2) is 0 Å². The monoisotopic (exact) mass is 285 g/mol. The predicted octanol–water partition coefficient (Wildman–Crippen LogP) is 3.35. The second kappa shape index (κ2) is 6.64. The van der Waals surface area contributed by atoms with Crippen LogP contribution in [0.1, 0.15) is 52.0 Å². The van der Waals surface area contributed by atoms with Gasteiger partial charge in [0.2, 0.25) is 0 Å². The van der Waals surface area contributed by atoms with Gasteiger partial charge in [-0.1, -0.05) is 57.2 Å². The fraction of sp³-hybridized carbons (Fsp3) is 0.579. The second-order valence-electron chi connectivity index (χ2n) is 7.28. The molecule has 0 spiro atoms. The maximum Gasteiger partial charge on any atom is 0.141 e. The van der Waals surface area contributed by atoms with Crippen LogP contribution < -0.4 is 5.32 Å². The Hall–Kier alpha value is -1.30. The number of aliphatic hydroxyl groups is 1. The molecule has 1 aliphatic carbocycles. The molecule has 0 aliphatic heterocycles. The summed E-state index contributed by atoms with van der Waals surface area (Å²) in [6.07, 6.45) is 3.97. The van der Waals surface area contributed by atoms with Crippen molar-refractivity contribution < 1.29 is 5.11 Å². The molecule has 114 valence electrons. The van der Waals surface area contributed by atoms with Crippen LogP contribution in [0.15, 0.2) is 30.3 Å². The molecule has 2 rings (SSSR count). The van der Waals surface area contributed by atoms with E-state index in [4.69, 9.17) is 0 Å². The van der Waals surface area contributed by atoms with Gasteiger partial charge in [0, 0.05) is 18.2 Å². The Kier molecular flexibility index (Phi) is 5.08. The quantitative estimate of drug-likeness (QED) is 0.817. The smallest absolute Gasteiger partial charge is 0.141 e. The van der Waals surface area contributed by atoms with Gasteiger partial charge in [0.05, 0.1) is 0 Å². The van der Waals surface area contributed by atoms with Crippen molar-refractivity contribution in [3.8, 4) is 11.8 Å². The van der Waals surface area contributed by atoms with Gasteiger partial charge in [0.25, 0.3) is 0 Å². The Balaban J connectivity index is 2.11. The zero-order valence-corrected chi connectivity index (χ0v) is 13.4. The van der Waals surface area contributed by atoms with E-state index in [1.165, 1.54) is 0 Å². The van der Waals surface area contributed by atoms with Crippen molar-refractivity contribution in [3.63, 3.8) is 0 Å². The minimum atomic E-state index is -0.903. The van der Waals surface area contributed by atoms with E-state index in [1.807, 2.05) is 30.3 Å². The molecule has 1 aromatic carbocycles. The number of rotatable bonds is 2. The molecular formula is C19H27NO. The number of hydrogen-bond acceptors (Lipinski definition) is 2. The zero-order valence-electron chi connectivity index (χ0n) is 13.4. The van der Waals surface area contributed by atoms with Crippen LogP contribution in [0.5, 0.6) is 0 Å². The van der Waals surface area contributed by atoms with Crippen LogP contribution >= 0.6 is 0 Å². The highest BCUT2D eigenvalue weighted by Crippen LogP contribution is 2.29. The molecule has 0 heterocycles. The molecule has 2 N–H and O–H groups in total. The van der Waals surface area contributed by atoms with Gasteiger partial charge in [-0.15, -0.1) is 0 Å². The van der Waals surface area contributed by atoms with E-state index in [9.17, 15) is 5.11 Å². The Morgan fingerprint density at radius 3 is 2.62 bits per heavy atom. The predicted molar refractivity (Wildman–Crippen MR) is 88.0 cm³/mol. The first-order valence-corrected chi connectivity index (χ1v) is 7.93. The first kappa shape index (κ1) is 16.1. The summed E-state index contributed by atoms with van der Waals surface area (Å²) in [6.45, 7) is 7.51. The summed E-state index contributed by atoms with van der Waals surface area (Å²) in [6, 6.07) is 9.97. The van der Waals surface area contributed by atoms with Gasteiger partial charge in [-0.25, -0.2) is 0 Å². The van der Waals surface area contributed by atoms with E-state index >= 15 is 0 Å². The zero-order chi connectivity index (χ0) is 15.3. The van der Waals surface area contributed by atoms with Crippen molar-refractivity contribution in [2.24, 2.45) is 5.41 Å². The maximum atomic E-state index is 11.0. The van der Waals surface area contributed by atoms with Crippen LogP contribution in [0, 0.1) is 17.3 Å². The highest BCUT2D eigenvalue weighted by atomic mass is 16.3. The van der Waals surface area contributed by atoms with Crippen LogP contribution in [0.4, 0.5) is 0 Å². The molecule has 21 heavy (non-hydrogen) atoms. The van der Waals surface area contributed by atoms with Crippen LogP contribution in [0.2, 0.25) is 0 Å². The molecule has 0 unspecified atom stereocenters. The summed E-state index contributed by atoms with van der Waals surface area (Å²) in [5, 5.41) is 14.5. The maximum absolute atomic E-state index is 11.0. The third-order valence-corrected chi connectivity index (χ3v) is 3.95. The summed E-state index contributed by atoms with van der Waals surface area (Å²) >= 11 is 0. The molecule has 0 amide bonds. The van der Waals surface area contributed by atoms with Gasteiger partial charge in [0.1, 0.15) is 5.60 Å². The second-order valence-corrected chi connectivity index (χ2v) is 7.28. The minimum Gasteiger partial charge on any atom is -0.376 e. The van der Waals surface area contributed by atoms with Gasteiger partial charge < -0.3 is 10.4 Å². The van der Waals surface area contributed by atoms with Crippen molar-refractivity contribution >= 4 is 0 Å². The van der Waals surface area contributed by atoms with E-state index in [0.717, 1.165) is 37.8 Å². The summed E-state index contributed by atoms with van der Waals surface area (Å²) in [7, 11) is 0. The van der Waals surface area contributed by atoms with Crippen LogP contribution in [-0.4, -0.2) is 23.3 Å². The Morgan fingerprint density at radius 1 is 1.24 bits per heavy atom. The van der Waals surface area contributed by atoms with Crippen molar-refractivity contribution in [1.29, 1.82) is 0 Å². The summed E-state index contributed by atoms with van der Waals surface area (Å²) in [4.78, 5) is 0. The van der Waals surface area contributed by atoms with Gasteiger partial charge in [-0.2, -0.15) is 0 Å². The SMILES string of the molecule is CC(C)(C)CN[C@H]1CCCC[C@@]1(O)C#Cc1ccccc1. The topological polar surface area (TPSA) is 32.3 Å². The van der Waals surface area contributed by atoms with E-state index < -0.39 is 5.60 Å². The highest BCUT2D eigenvalue weighted by Gasteiger charge is 2.37. The van der Waals surface area contributed by atoms with Gasteiger partial charge in [-0.3, -0.25) is 0 Å². The van der Waals surface area contributed by atoms with Crippen LogP contribution in [0.3, 0.4) is 0 Å². The van der Waals surface area contributed by atoms with Crippen molar-refractivity contribution in [1.82, 2.24) is 5.32 Å². The lowest BCUT2D eigenvalue weighted by Crippen LogP contribution is -2.53. The molecule has 0 aromatic heterocycles. The Bertz CT molecular complexity index is 506. The lowest BCUT2D eigenvalue weighted by atomic mass is 9.80. The molecule has 1 aromatic rings. The third-order valence-electron chi connectivity index (χ3n) is 3.95. The fourth-order valence-corrected chi connectivity index (χ4v) is 2.71. The normalized spacial score (nSPS) is 26.0. The van der Waals surface area contributed by atoms with Crippen molar-refractivity contribution in [2.75, 3.05) is 6.54 Å². The summed E-state index contributed by atoms with van der Waals surface area (Å²) < 4.78 is 0. The van der Waals surface area contributed by atoms with Gasteiger partial charge in [-0.05, 0) is 36.8 Å². The molecular weight excluding hydrogens is 258 g/mol. The van der Waals surface area contributed by atoms with E-state index in [2.05, 4.69) is 37.9 Å². The standard InChI is InChI=1S/C19H27NO/c1-18(2,3)15-20-17-11-7-8-13-19(17,21)14-12-16-9-5-4-6-10-16/h4-6,9-10,17,20-21H,7-8,11,13,15H2,1-3H3/t17-,19+/m0/s1. The molecule has 1 saturated carbocycles. The first-order chi connectivity index (χ1) is 9.89. The van der Waals surface area contributed by atoms with E-state index in [-0.39, 0.29) is 11.5 Å². The summed E-state index contributed by atoms with van der Waals surface area (Å²) in [5.41, 5.74) is 0.274. The molecule has 2 atom stereocenters. The van der Waals surface area contributed by atoms with Crippen molar-refractivity contribution in [2.45, 2.75) is 58.1 Å². The average molecular weight is 285 g/mol. The average Bonchev–Trinajstić information content (AvgIpc) is 2.45. The van der Waals surface area contributed by atoms with Gasteiger partial charge >= 0.3 is 0 Å². The first-order valence-electron chi connectivity index (χ1n) is 7.93.